The van der Waals surface area contributed by atoms with E-state index < -0.39 is 222 Å². The summed E-state index contributed by atoms with van der Waals surface area (Å²) in [5.41, 5.74) is 20.1. The van der Waals surface area contributed by atoms with Crippen molar-refractivity contribution in [3.63, 3.8) is 0 Å². The second kappa shape index (κ2) is 52.7. The van der Waals surface area contributed by atoms with Crippen LogP contribution in [0.4, 0.5) is 0 Å². The molecule has 132 heavy (non-hydrogen) atoms. The number of para-hydroxylation sites is 2. The van der Waals surface area contributed by atoms with Gasteiger partial charge >= 0.3 is 0 Å². The minimum atomic E-state index is -2.42. The van der Waals surface area contributed by atoms with Gasteiger partial charge in [0.2, 0.25) is 88.6 Å². The minimum absolute atomic E-state index is 0.00501. The monoisotopic (exact) mass is 1850 g/mol. The van der Waals surface area contributed by atoms with Crippen LogP contribution in [-0.2, 0) is 114 Å². The second-order valence-electron chi connectivity index (χ2n) is 33.5. The number of benzene rings is 3. The first kappa shape index (κ1) is 106. The number of carbonyl (C=O) groups excluding carboxylic acids is 16. The summed E-state index contributed by atoms with van der Waals surface area (Å²) in [5, 5.41) is 49.3. The molecule has 1 aliphatic rings. The molecule has 3 aromatic heterocycles. The highest BCUT2D eigenvalue weighted by Crippen LogP contribution is 2.25. The van der Waals surface area contributed by atoms with Gasteiger partial charge in [0.05, 0.1) is 38.5 Å². The molecule has 0 bridgehead atoms. The molecule has 6 aromatic rings. The number of likely N-dealkylation sites (tertiary alicyclic amines) is 1. The number of aromatic nitrogens is 4. The summed E-state index contributed by atoms with van der Waals surface area (Å²) in [6.45, 7) is 7.09. The number of amides is 16. The molecule has 4 heterocycles. The molecule has 13 atom stereocenters. The molecule has 1 saturated heterocycles. The molecule has 22 N–H and O–H groups in total. The molecule has 1 aliphatic heterocycles. The lowest BCUT2D eigenvalue weighted by Gasteiger charge is -2.36. The number of nitrogens with one attached hydrogen (secondary N) is 15. The molecule has 43 heteroatoms. The number of aliphatic hydroxyl groups is 1. The molecule has 42 nitrogen and oxygen atoms in total. The second-order valence-corrected chi connectivity index (χ2v) is 35.0. The zero-order valence-corrected chi connectivity index (χ0v) is 77.3. The first-order valence-corrected chi connectivity index (χ1v) is 45.8. The number of aliphatic hydroxyl groups excluding tert-OH is 1. The van der Waals surface area contributed by atoms with Gasteiger partial charge in [-0.15, -0.1) is 0 Å². The number of guanidine groups is 1. The van der Waals surface area contributed by atoms with Gasteiger partial charge in [-0.2, -0.15) is 0 Å². The van der Waals surface area contributed by atoms with Crippen molar-refractivity contribution in [1.29, 1.82) is 5.41 Å². The van der Waals surface area contributed by atoms with E-state index in [-0.39, 0.29) is 70.3 Å². The topological polar surface area (TPSA) is 627 Å². The summed E-state index contributed by atoms with van der Waals surface area (Å²) in [4.78, 5) is 247. The van der Waals surface area contributed by atoms with E-state index in [2.05, 4.69) is 78.4 Å². The van der Waals surface area contributed by atoms with Gasteiger partial charge in [0.25, 0.3) is 5.91 Å². The number of primary amides is 2. The molecule has 1 fully saturated rings. The third-order valence-corrected chi connectivity index (χ3v) is 24.2. The van der Waals surface area contributed by atoms with Crippen LogP contribution in [0.5, 0.6) is 0 Å². The number of H-pyrrole nitrogens is 3. The van der Waals surface area contributed by atoms with Gasteiger partial charge in [-0.1, -0.05) is 120 Å². The molecule has 720 valence electrons. The Bertz CT molecular complexity index is 4930. The number of hydrogen-bond acceptors (Lipinski definition) is 21. The summed E-state index contributed by atoms with van der Waals surface area (Å²) < 4.78 is 14.3. The fraction of sp³-hybridized carbons (Fsp3) is 0.528. The minimum Gasteiger partial charge on any atom is -0.616 e. The average molecular weight is 1860 g/mol. The predicted molar refractivity (Wildman–Crippen MR) is 492 cm³/mol. The lowest BCUT2D eigenvalue weighted by molar-refractivity contribution is -0.149. The van der Waals surface area contributed by atoms with Crippen molar-refractivity contribution in [2.45, 2.75) is 210 Å². The Morgan fingerprint density at radius 2 is 1.05 bits per heavy atom. The largest absolute Gasteiger partial charge is 0.616 e. The number of nitrogens with zero attached hydrogens (tertiary/aromatic N) is 6. The first-order chi connectivity index (χ1) is 62.9. The van der Waals surface area contributed by atoms with Crippen LogP contribution < -0.4 is 75.7 Å². The van der Waals surface area contributed by atoms with E-state index in [4.69, 9.17) is 22.6 Å². The Balaban J connectivity index is 1.11. The summed E-state index contributed by atoms with van der Waals surface area (Å²) in [6, 6.07) is 5.60. The number of hydrogen-bond donors (Lipinski definition) is 19. The van der Waals surface area contributed by atoms with Gasteiger partial charge < -0.3 is 125 Å². The number of carbonyl (C=O) groups is 16. The lowest BCUT2D eigenvalue weighted by Crippen LogP contribution is -2.61. The number of unbranched alkanes of at least 4 members (excludes halogenated alkanes) is 2. The molecule has 7 rings (SSSR count). The highest BCUT2D eigenvalue weighted by Gasteiger charge is 2.42. The van der Waals surface area contributed by atoms with E-state index in [1.165, 1.54) is 46.3 Å². The predicted octanol–water partition coefficient (Wildman–Crippen LogP) is -2.40. The summed E-state index contributed by atoms with van der Waals surface area (Å²) in [7, 11) is 6.93. The average Bonchev–Trinajstić information content (AvgIpc) is 1.57. The van der Waals surface area contributed by atoms with E-state index >= 15 is 14.4 Å². The third-order valence-electron chi connectivity index (χ3n) is 22.9. The van der Waals surface area contributed by atoms with Crippen molar-refractivity contribution in [3.05, 3.63) is 126 Å². The van der Waals surface area contributed by atoms with E-state index in [1.807, 2.05) is 27.7 Å². The van der Waals surface area contributed by atoms with Crippen LogP contribution in [0.3, 0.4) is 0 Å². The Morgan fingerprint density at radius 1 is 0.530 bits per heavy atom. The van der Waals surface area contributed by atoms with Crippen LogP contribution in [0.25, 0.3) is 21.8 Å². The van der Waals surface area contributed by atoms with Gasteiger partial charge in [0, 0.05) is 120 Å². The molecule has 0 radical (unpaired) electrons. The molecule has 0 spiro atoms. The zero-order chi connectivity index (χ0) is 97.0. The van der Waals surface area contributed by atoms with Crippen molar-refractivity contribution in [2.24, 2.45) is 23.1 Å². The van der Waals surface area contributed by atoms with Crippen molar-refractivity contribution in [2.75, 3.05) is 86.1 Å². The number of nitrogens with two attached hydrogens (primary N) is 3. The molecule has 1 unspecified atom stereocenters. The van der Waals surface area contributed by atoms with E-state index in [1.54, 1.807) is 105 Å². The molecular formula is C89H130N24O18S. The van der Waals surface area contributed by atoms with Crippen molar-refractivity contribution in [1.82, 2.24) is 103 Å². The lowest BCUT2D eigenvalue weighted by atomic mass is 10.00. The number of imidazole rings is 1. The Morgan fingerprint density at radius 3 is 1.63 bits per heavy atom. The Labute approximate surface area is 769 Å². The van der Waals surface area contributed by atoms with Gasteiger partial charge in [-0.05, 0) is 105 Å². The highest BCUT2D eigenvalue weighted by atomic mass is 32.2. The molecule has 0 saturated carbocycles. The quantitative estimate of drug-likeness (QED) is 0.00819. The maximum Gasteiger partial charge on any atom is 0.270 e. The van der Waals surface area contributed by atoms with E-state index in [0.29, 0.717) is 95.8 Å². The Hall–Kier alpha value is -13.0. The standard InChI is InChI=1S/C89H130N24O18S/c1-11-13-32-71(83(125)103-62(31-24-34-96-89(92)93)79(121)108-70(78(120)99-46-74(91)116)49-132(131)50-76(118)102-66(38-54-25-16-15-17-26-54)85(127)110(8)53(5)77(119)104-68(42-73(90)115)87(129)113-35-22-23-36-113)111(9)88(130)72(33-14-12-2)112(10)86(128)67(40-56-44-98-61-30-21-19-28-59(56)61)106-82(124)69(48-114)107-81(123)64(39-55-43-97-60-29-20-18-27-58(55)60)101-75(117)47-109(7)84(126)65(37-52(3)4)105-80(122)63(94-6)41-57-45-95-51-100-57/h15-21,25-30,43-45,51-53,62-72,94,97-98,114H,11-14,22-24,31-42,46-50H2,1-10H3,(H2,90,115)(H2,91,116)(H,95,100)(H,99,120)(H,101,117)(H,102,118)(H,103,125)(H,104,119)(H,105,122)(H,106,124)(H,107,123)(H,108,121)(H4,92,93,96)/t53-,62-,63-,64-,65-,66-,67-,68-,69-,70-,71-,72-,132?/m0/s1. The number of likely N-dealkylation sites (N-methyl/N-ethyl adjacent to an activating group) is 5. The summed E-state index contributed by atoms with van der Waals surface area (Å²) in [6.07, 6.45) is 8.38. The molecule has 3 aromatic carbocycles. The maximum atomic E-state index is 15.7. The SMILES string of the molecule is CCCC[C@@H](C(=O)N(C)[C@@H](CCCC)C(=O)N[C@@H](CCCNC(=N)N)C(=O)N[C@@H](C[S+]([O-])CC(=O)N[C@@H](Cc1ccccc1)C(=O)N(C)[C@@H](C)C(=O)N[C@@H](CC(N)=O)C(=O)N1CCCC1)C(=O)NCC(N)=O)N(C)C(=O)[C@H](Cc1c[nH]c2ccccc12)NC(=O)[C@H](CO)NC(=O)[C@H](Cc1c[nH]c2ccccc12)NC(=O)CN(C)C(=O)[C@H](CC(C)C)NC(=O)[C@H](Cc1cnc[nH]1)NC. The van der Waals surface area contributed by atoms with Crippen LogP contribution >= 0.6 is 0 Å². The normalized spacial score (nSPS) is 14.8. The number of rotatable bonds is 55. The smallest absolute Gasteiger partial charge is 0.270 e. The summed E-state index contributed by atoms with van der Waals surface area (Å²) in [5.74, 6) is -16.0. The fourth-order valence-electron chi connectivity index (χ4n) is 15.4. The van der Waals surface area contributed by atoms with Crippen LogP contribution in [0.2, 0.25) is 0 Å². The zero-order valence-electron chi connectivity index (χ0n) is 76.5. The molecule has 0 aliphatic carbocycles. The van der Waals surface area contributed by atoms with E-state index in [9.17, 15) is 72.0 Å². The number of aromatic amines is 3. The first-order valence-electron chi connectivity index (χ1n) is 44.3. The fourth-order valence-corrected chi connectivity index (χ4v) is 16.5. The molecular weight excluding hydrogens is 1730 g/mol. The van der Waals surface area contributed by atoms with Crippen LogP contribution in [0, 0.1) is 11.3 Å². The van der Waals surface area contributed by atoms with Crippen molar-refractivity contribution >= 4 is 133 Å². The van der Waals surface area contributed by atoms with Crippen LogP contribution in [-0.4, -0.2) is 313 Å². The summed E-state index contributed by atoms with van der Waals surface area (Å²) >= 11 is -2.42. The number of fused-ring (bicyclic) bond motifs is 2. The van der Waals surface area contributed by atoms with Gasteiger partial charge in [-0.25, -0.2) is 4.98 Å². The van der Waals surface area contributed by atoms with Gasteiger partial charge in [0.1, 0.15) is 66.2 Å². The van der Waals surface area contributed by atoms with Crippen LogP contribution in [0.1, 0.15) is 134 Å². The van der Waals surface area contributed by atoms with E-state index in [0.717, 1.165) is 19.6 Å². The highest BCUT2D eigenvalue weighted by molar-refractivity contribution is 7.92. The maximum absolute atomic E-state index is 15.7. The van der Waals surface area contributed by atoms with Gasteiger partial charge in [0.15, 0.2) is 17.8 Å². The van der Waals surface area contributed by atoms with Crippen LogP contribution in [0.15, 0.2) is 104 Å². The Kier molecular flexibility index (Phi) is 42.3. The molecule has 16 amide bonds. The third kappa shape index (κ3) is 32.2. The van der Waals surface area contributed by atoms with Crippen molar-refractivity contribution < 1.29 is 86.4 Å². The van der Waals surface area contributed by atoms with Gasteiger partial charge in [-0.3, -0.25) is 82.1 Å². The van der Waals surface area contributed by atoms with Crippen molar-refractivity contribution in [3.8, 4) is 0 Å².